The molecule has 0 radical (unpaired) electrons. The number of anilines is 1. The summed E-state index contributed by atoms with van der Waals surface area (Å²) in [6.07, 6.45) is 4.88. The van der Waals surface area contributed by atoms with Crippen LogP contribution >= 0.6 is 0 Å². The monoisotopic (exact) mass is 235 g/mol. The Hall–Kier alpha value is -1.16. The second-order valence-corrected chi connectivity index (χ2v) is 4.75. The van der Waals surface area contributed by atoms with Crippen LogP contribution in [-0.2, 0) is 6.42 Å². The van der Waals surface area contributed by atoms with Gasteiger partial charge in [-0.25, -0.2) is 9.97 Å². The molecule has 4 nitrogen and oxygen atoms in total. The number of nitrogens with one attached hydrogen (secondary N) is 1. The van der Waals surface area contributed by atoms with Crippen molar-refractivity contribution in [2.45, 2.75) is 58.1 Å². The topological polar surface area (TPSA) is 58.0 Å². The fourth-order valence-corrected chi connectivity index (χ4v) is 2.35. The predicted molar refractivity (Wildman–Crippen MR) is 68.0 cm³/mol. The van der Waals surface area contributed by atoms with Crippen molar-refractivity contribution in [3.8, 4) is 0 Å². The first-order valence-corrected chi connectivity index (χ1v) is 6.48. The third-order valence-corrected chi connectivity index (χ3v) is 3.32. The first-order valence-electron chi connectivity index (χ1n) is 6.48. The molecule has 1 aromatic heterocycles. The van der Waals surface area contributed by atoms with Gasteiger partial charge in [-0.15, -0.1) is 0 Å². The standard InChI is InChI=1S/C13H21N3O/c1-3-10-8-13(15-9(2)14-10)16-11-6-4-5-7-12(11)17/h8,11-12,17H,3-7H2,1-2H3,(H,14,15,16). The molecule has 0 bridgehead atoms. The van der Waals surface area contributed by atoms with E-state index in [4.69, 9.17) is 0 Å². The van der Waals surface area contributed by atoms with Crippen LogP contribution in [0.2, 0.25) is 0 Å². The lowest BCUT2D eigenvalue weighted by molar-refractivity contribution is 0.116. The largest absolute Gasteiger partial charge is 0.391 e. The normalized spacial score (nSPS) is 24.6. The molecule has 1 heterocycles. The summed E-state index contributed by atoms with van der Waals surface area (Å²) in [5.74, 6) is 1.64. The second-order valence-electron chi connectivity index (χ2n) is 4.75. The number of rotatable bonds is 3. The molecule has 2 N–H and O–H groups in total. The Balaban J connectivity index is 2.09. The Labute approximate surface area is 102 Å². The van der Waals surface area contributed by atoms with Crippen molar-refractivity contribution in [1.29, 1.82) is 0 Å². The minimum atomic E-state index is -0.246. The number of hydrogen-bond donors (Lipinski definition) is 2. The van der Waals surface area contributed by atoms with E-state index in [0.29, 0.717) is 0 Å². The molecular weight excluding hydrogens is 214 g/mol. The van der Waals surface area contributed by atoms with Crippen LogP contribution in [0.1, 0.15) is 44.1 Å². The summed E-state index contributed by atoms with van der Waals surface area (Å²) in [5, 5.41) is 13.3. The lowest BCUT2D eigenvalue weighted by Crippen LogP contribution is -2.36. The second kappa shape index (κ2) is 5.45. The van der Waals surface area contributed by atoms with Crippen molar-refractivity contribution in [3.63, 3.8) is 0 Å². The minimum absolute atomic E-state index is 0.141. The lowest BCUT2D eigenvalue weighted by atomic mass is 9.92. The SMILES string of the molecule is CCc1cc(NC2CCCCC2O)nc(C)n1. The van der Waals surface area contributed by atoms with Crippen LogP contribution in [0.4, 0.5) is 5.82 Å². The van der Waals surface area contributed by atoms with Crippen molar-refractivity contribution in [2.75, 3.05) is 5.32 Å². The first kappa shape index (κ1) is 12.3. The third-order valence-electron chi connectivity index (χ3n) is 3.32. The molecule has 1 aliphatic rings. The summed E-state index contributed by atoms with van der Waals surface area (Å²) in [5.41, 5.74) is 1.05. The van der Waals surface area contributed by atoms with E-state index >= 15 is 0 Å². The van der Waals surface area contributed by atoms with Crippen LogP contribution in [0.5, 0.6) is 0 Å². The molecule has 1 saturated carbocycles. The molecule has 0 amide bonds. The molecule has 0 aliphatic heterocycles. The van der Waals surface area contributed by atoms with Gasteiger partial charge in [-0.05, 0) is 26.2 Å². The highest BCUT2D eigenvalue weighted by Crippen LogP contribution is 2.21. The van der Waals surface area contributed by atoms with Gasteiger partial charge in [0.2, 0.25) is 0 Å². The number of nitrogens with zero attached hydrogens (tertiary/aromatic N) is 2. The molecule has 94 valence electrons. The van der Waals surface area contributed by atoms with E-state index in [0.717, 1.165) is 43.0 Å². The molecule has 0 spiro atoms. The van der Waals surface area contributed by atoms with E-state index in [1.54, 1.807) is 0 Å². The predicted octanol–water partition coefficient (Wildman–Crippen LogP) is 2.06. The van der Waals surface area contributed by atoms with Gasteiger partial charge in [0.05, 0.1) is 12.1 Å². The van der Waals surface area contributed by atoms with Gasteiger partial charge in [0.1, 0.15) is 11.6 Å². The molecule has 1 aromatic rings. The Kier molecular flexibility index (Phi) is 3.94. The van der Waals surface area contributed by atoms with Crippen LogP contribution in [0.25, 0.3) is 0 Å². The summed E-state index contributed by atoms with van der Waals surface area (Å²) in [4.78, 5) is 8.73. The molecule has 1 fully saturated rings. The summed E-state index contributed by atoms with van der Waals surface area (Å²) in [6, 6.07) is 2.12. The molecular formula is C13H21N3O. The summed E-state index contributed by atoms with van der Waals surface area (Å²) >= 11 is 0. The summed E-state index contributed by atoms with van der Waals surface area (Å²) in [6.45, 7) is 3.99. The van der Waals surface area contributed by atoms with E-state index in [1.165, 1.54) is 6.42 Å². The Bertz CT molecular complexity index is 381. The van der Waals surface area contributed by atoms with Crippen LogP contribution < -0.4 is 5.32 Å². The Morgan fingerprint density at radius 1 is 1.35 bits per heavy atom. The molecule has 0 saturated heterocycles. The van der Waals surface area contributed by atoms with Crippen LogP contribution in [0.15, 0.2) is 6.07 Å². The van der Waals surface area contributed by atoms with Gasteiger partial charge in [0, 0.05) is 11.8 Å². The average molecular weight is 235 g/mol. The molecule has 17 heavy (non-hydrogen) atoms. The minimum Gasteiger partial charge on any atom is -0.391 e. The van der Waals surface area contributed by atoms with Crippen molar-refractivity contribution >= 4 is 5.82 Å². The zero-order valence-corrected chi connectivity index (χ0v) is 10.6. The lowest BCUT2D eigenvalue weighted by Gasteiger charge is -2.28. The maximum atomic E-state index is 9.92. The van der Waals surface area contributed by atoms with Gasteiger partial charge < -0.3 is 10.4 Å². The van der Waals surface area contributed by atoms with E-state index in [2.05, 4.69) is 22.2 Å². The van der Waals surface area contributed by atoms with E-state index in [1.807, 2.05) is 13.0 Å². The number of aryl methyl sites for hydroxylation is 2. The van der Waals surface area contributed by atoms with Gasteiger partial charge in [-0.1, -0.05) is 19.8 Å². The Morgan fingerprint density at radius 2 is 2.12 bits per heavy atom. The van der Waals surface area contributed by atoms with Gasteiger partial charge in [-0.2, -0.15) is 0 Å². The number of hydrogen-bond acceptors (Lipinski definition) is 4. The first-order chi connectivity index (χ1) is 8.19. The van der Waals surface area contributed by atoms with Gasteiger partial charge in [0.25, 0.3) is 0 Å². The molecule has 1 aliphatic carbocycles. The van der Waals surface area contributed by atoms with Crippen LogP contribution in [0.3, 0.4) is 0 Å². The van der Waals surface area contributed by atoms with Gasteiger partial charge in [-0.3, -0.25) is 0 Å². The van der Waals surface area contributed by atoms with Crippen molar-refractivity contribution in [3.05, 3.63) is 17.6 Å². The number of aliphatic hydroxyl groups is 1. The Morgan fingerprint density at radius 3 is 2.82 bits per heavy atom. The molecule has 4 heteroatoms. The third kappa shape index (κ3) is 3.16. The smallest absolute Gasteiger partial charge is 0.130 e. The molecule has 2 rings (SSSR count). The van der Waals surface area contributed by atoms with Crippen molar-refractivity contribution < 1.29 is 5.11 Å². The van der Waals surface area contributed by atoms with Crippen molar-refractivity contribution in [2.24, 2.45) is 0 Å². The average Bonchev–Trinajstić information content (AvgIpc) is 2.31. The fraction of sp³-hybridized carbons (Fsp3) is 0.692. The van der Waals surface area contributed by atoms with Gasteiger partial charge in [0.15, 0.2) is 0 Å². The van der Waals surface area contributed by atoms with Gasteiger partial charge >= 0.3 is 0 Å². The maximum Gasteiger partial charge on any atom is 0.130 e. The summed E-state index contributed by atoms with van der Waals surface area (Å²) in [7, 11) is 0. The number of aliphatic hydroxyl groups excluding tert-OH is 1. The quantitative estimate of drug-likeness (QED) is 0.842. The zero-order valence-electron chi connectivity index (χ0n) is 10.6. The number of aromatic nitrogens is 2. The highest BCUT2D eigenvalue weighted by Gasteiger charge is 2.23. The van der Waals surface area contributed by atoms with E-state index in [9.17, 15) is 5.11 Å². The highest BCUT2D eigenvalue weighted by atomic mass is 16.3. The van der Waals surface area contributed by atoms with Crippen LogP contribution in [-0.4, -0.2) is 27.2 Å². The van der Waals surface area contributed by atoms with E-state index < -0.39 is 0 Å². The highest BCUT2D eigenvalue weighted by molar-refractivity contribution is 5.37. The molecule has 2 atom stereocenters. The van der Waals surface area contributed by atoms with E-state index in [-0.39, 0.29) is 12.1 Å². The zero-order chi connectivity index (χ0) is 12.3. The van der Waals surface area contributed by atoms with Crippen molar-refractivity contribution in [1.82, 2.24) is 9.97 Å². The summed E-state index contributed by atoms with van der Waals surface area (Å²) < 4.78 is 0. The van der Waals surface area contributed by atoms with Crippen LogP contribution in [0, 0.1) is 6.92 Å². The molecule has 2 unspecified atom stereocenters. The fourth-order valence-electron chi connectivity index (χ4n) is 2.35. The maximum absolute atomic E-state index is 9.92. The molecule has 0 aromatic carbocycles.